The van der Waals surface area contributed by atoms with Gasteiger partial charge in [-0.1, -0.05) is 11.6 Å². The normalized spacial score (nSPS) is 14.1. The Morgan fingerprint density at radius 2 is 1.83 bits per heavy atom. The number of carbonyl (C=O) groups is 2. The van der Waals surface area contributed by atoms with Gasteiger partial charge >= 0.3 is 0 Å². The summed E-state index contributed by atoms with van der Waals surface area (Å²) in [7, 11) is -3.90. The van der Waals surface area contributed by atoms with Crippen molar-refractivity contribution in [2.24, 2.45) is 0 Å². The summed E-state index contributed by atoms with van der Waals surface area (Å²) in [4.78, 5) is 24.0. The maximum Gasteiger partial charge on any atom is 0.255 e. The summed E-state index contributed by atoms with van der Waals surface area (Å²) in [5.74, 6) is -0.498. The minimum absolute atomic E-state index is 0.0304. The van der Waals surface area contributed by atoms with Crippen LogP contribution >= 0.6 is 11.6 Å². The molecule has 0 saturated heterocycles. The van der Waals surface area contributed by atoms with Gasteiger partial charge in [-0.2, -0.15) is 0 Å². The van der Waals surface area contributed by atoms with Crippen LogP contribution in [0.3, 0.4) is 0 Å². The summed E-state index contributed by atoms with van der Waals surface area (Å²) < 4.78 is 27.8. The molecule has 1 aliphatic heterocycles. The van der Waals surface area contributed by atoms with Gasteiger partial charge in [0, 0.05) is 28.9 Å². The van der Waals surface area contributed by atoms with Gasteiger partial charge in [0.15, 0.2) is 0 Å². The van der Waals surface area contributed by atoms with Gasteiger partial charge in [-0.25, -0.2) is 13.1 Å². The highest BCUT2D eigenvalue weighted by Gasteiger charge is 2.25. The summed E-state index contributed by atoms with van der Waals surface area (Å²) in [6.45, 7) is 5.15. The van der Waals surface area contributed by atoms with Gasteiger partial charge < -0.3 is 10.6 Å². The quantitative estimate of drug-likeness (QED) is 0.682. The number of halogens is 1. The first-order valence-corrected chi connectivity index (χ1v) is 10.9. The van der Waals surface area contributed by atoms with Crippen molar-refractivity contribution in [3.63, 3.8) is 0 Å². The van der Waals surface area contributed by atoms with Gasteiger partial charge in [0.1, 0.15) is 4.90 Å². The first-order chi connectivity index (χ1) is 13.4. The summed E-state index contributed by atoms with van der Waals surface area (Å²) in [5, 5.41) is 5.57. The molecule has 7 nitrogen and oxygen atoms in total. The van der Waals surface area contributed by atoms with Gasteiger partial charge in [-0.15, -0.1) is 0 Å². The number of hydrogen-bond acceptors (Lipinski definition) is 4. The average Bonchev–Trinajstić information content (AvgIpc) is 2.60. The van der Waals surface area contributed by atoms with Crippen molar-refractivity contribution in [2.75, 3.05) is 10.6 Å². The van der Waals surface area contributed by atoms with Crippen LogP contribution in [-0.2, 0) is 21.2 Å². The fraction of sp³-hybridized carbons (Fsp3) is 0.300. The second-order valence-electron chi connectivity index (χ2n) is 7.87. The number of aryl methyl sites for hydroxylation is 1. The number of amides is 2. The molecule has 0 unspecified atom stereocenters. The van der Waals surface area contributed by atoms with Gasteiger partial charge in [0.05, 0.1) is 5.02 Å². The Bertz CT molecular complexity index is 1090. The second kappa shape index (κ2) is 7.78. The van der Waals surface area contributed by atoms with Crippen LogP contribution in [0.5, 0.6) is 0 Å². The van der Waals surface area contributed by atoms with E-state index in [0.29, 0.717) is 18.5 Å². The molecule has 3 N–H and O–H groups in total. The van der Waals surface area contributed by atoms with E-state index >= 15 is 0 Å². The van der Waals surface area contributed by atoms with Crippen molar-refractivity contribution in [1.82, 2.24) is 4.72 Å². The molecule has 0 aliphatic carbocycles. The predicted octanol–water partition coefficient (Wildman–Crippen LogP) is 3.55. The summed E-state index contributed by atoms with van der Waals surface area (Å²) in [6, 6.07) is 9.30. The lowest BCUT2D eigenvalue weighted by atomic mass is 10.0. The van der Waals surface area contributed by atoms with E-state index in [1.54, 1.807) is 39.0 Å². The van der Waals surface area contributed by atoms with Crippen LogP contribution in [0.15, 0.2) is 41.3 Å². The minimum atomic E-state index is -3.90. The lowest BCUT2D eigenvalue weighted by Crippen LogP contribution is -2.40. The monoisotopic (exact) mass is 435 g/mol. The molecule has 0 fully saturated rings. The summed E-state index contributed by atoms with van der Waals surface area (Å²) in [5.41, 5.74) is 1.68. The van der Waals surface area contributed by atoms with Gasteiger partial charge in [0.25, 0.3) is 5.91 Å². The van der Waals surface area contributed by atoms with Crippen LogP contribution in [0.4, 0.5) is 11.4 Å². The third kappa shape index (κ3) is 5.14. The standard InChI is InChI=1S/C20H22ClN3O4S/c1-20(2,3)24-29(27,28)17-11-13(4-7-15(17)21)19(26)22-14-6-8-16-12(10-14)5-9-18(25)23-16/h4,6-8,10-11,24H,5,9H2,1-3H3,(H,22,26)(H,23,25). The first kappa shape index (κ1) is 21.3. The predicted molar refractivity (Wildman–Crippen MR) is 113 cm³/mol. The molecular weight excluding hydrogens is 414 g/mol. The largest absolute Gasteiger partial charge is 0.326 e. The second-order valence-corrected chi connectivity index (χ2v) is 9.93. The van der Waals surface area contributed by atoms with Crippen molar-refractivity contribution in [3.8, 4) is 0 Å². The molecule has 9 heteroatoms. The number of carbonyl (C=O) groups excluding carboxylic acids is 2. The van der Waals surface area contributed by atoms with Crippen LogP contribution in [-0.4, -0.2) is 25.8 Å². The molecule has 2 aromatic rings. The Morgan fingerprint density at radius 1 is 1.10 bits per heavy atom. The van der Waals surface area contributed by atoms with Crippen molar-refractivity contribution >= 4 is 44.8 Å². The molecule has 1 aliphatic rings. The van der Waals surface area contributed by atoms with E-state index in [1.165, 1.54) is 18.2 Å². The Kier molecular flexibility index (Phi) is 5.71. The molecule has 0 saturated carbocycles. The SMILES string of the molecule is CC(C)(C)NS(=O)(=O)c1cc(C(=O)Nc2ccc3c(c2)CCC(=O)N3)ccc1Cl. The summed E-state index contributed by atoms with van der Waals surface area (Å²) >= 11 is 6.08. The number of fused-ring (bicyclic) bond motifs is 1. The van der Waals surface area contributed by atoms with Crippen LogP contribution in [0, 0.1) is 0 Å². The molecule has 0 aromatic heterocycles. The van der Waals surface area contributed by atoms with E-state index in [2.05, 4.69) is 15.4 Å². The zero-order chi connectivity index (χ0) is 21.4. The summed E-state index contributed by atoms with van der Waals surface area (Å²) in [6.07, 6.45) is 0.982. The number of hydrogen-bond donors (Lipinski definition) is 3. The minimum Gasteiger partial charge on any atom is -0.326 e. The van der Waals surface area contributed by atoms with Crippen LogP contribution in [0.2, 0.25) is 5.02 Å². The third-order valence-corrected chi connectivity index (χ3v) is 6.42. The first-order valence-electron chi connectivity index (χ1n) is 9.02. The van der Waals surface area contributed by atoms with E-state index in [-0.39, 0.29) is 21.4 Å². The fourth-order valence-corrected chi connectivity index (χ4v) is 4.92. The number of anilines is 2. The van der Waals surface area contributed by atoms with Crippen molar-refractivity contribution < 1.29 is 18.0 Å². The highest BCUT2D eigenvalue weighted by Crippen LogP contribution is 2.27. The molecular formula is C20H22ClN3O4S. The molecule has 0 radical (unpaired) electrons. The van der Waals surface area contributed by atoms with E-state index in [4.69, 9.17) is 11.6 Å². The van der Waals surface area contributed by atoms with Crippen molar-refractivity contribution in [3.05, 3.63) is 52.5 Å². The number of rotatable bonds is 4. The van der Waals surface area contributed by atoms with Gasteiger partial charge in [0.2, 0.25) is 15.9 Å². The van der Waals surface area contributed by atoms with E-state index in [1.807, 2.05) is 0 Å². The maximum absolute atomic E-state index is 12.7. The molecule has 3 rings (SSSR count). The lowest BCUT2D eigenvalue weighted by Gasteiger charge is -2.21. The van der Waals surface area contributed by atoms with Crippen molar-refractivity contribution in [2.45, 2.75) is 44.0 Å². The van der Waals surface area contributed by atoms with Crippen LogP contribution in [0.25, 0.3) is 0 Å². The van der Waals surface area contributed by atoms with E-state index in [0.717, 1.165) is 11.3 Å². The zero-order valence-electron chi connectivity index (χ0n) is 16.3. The fourth-order valence-electron chi connectivity index (χ4n) is 2.97. The Balaban J connectivity index is 1.84. The topological polar surface area (TPSA) is 104 Å². The van der Waals surface area contributed by atoms with Gasteiger partial charge in [-0.3, -0.25) is 9.59 Å². The van der Waals surface area contributed by atoms with Crippen LogP contribution in [0.1, 0.15) is 43.1 Å². The van der Waals surface area contributed by atoms with E-state index < -0.39 is 21.5 Å². The smallest absolute Gasteiger partial charge is 0.255 e. The van der Waals surface area contributed by atoms with Gasteiger partial charge in [-0.05, 0) is 69.2 Å². The molecule has 29 heavy (non-hydrogen) atoms. The number of sulfonamides is 1. The average molecular weight is 436 g/mol. The van der Waals surface area contributed by atoms with Crippen molar-refractivity contribution in [1.29, 1.82) is 0 Å². The highest BCUT2D eigenvalue weighted by molar-refractivity contribution is 7.89. The molecule has 154 valence electrons. The molecule has 0 atom stereocenters. The zero-order valence-corrected chi connectivity index (χ0v) is 17.9. The lowest BCUT2D eigenvalue weighted by molar-refractivity contribution is -0.116. The Morgan fingerprint density at radius 3 is 2.52 bits per heavy atom. The maximum atomic E-state index is 12.7. The molecule has 0 bridgehead atoms. The van der Waals surface area contributed by atoms with E-state index in [9.17, 15) is 18.0 Å². The molecule has 2 aromatic carbocycles. The molecule has 0 spiro atoms. The van der Waals surface area contributed by atoms with Crippen LogP contribution < -0.4 is 15.4 Å². The molecule has 1 heterocycles. The Labute approximate surface area is 174 Å². The molecule has 2 amide bonds. The number of benzene rings is 2. The Hall–Kier alpha value is -2.42. The number of nitrogens with one attached hydrogen (secondary N) is 3. The third-order valence-electron chi connectivity index (χ3n) is 4.18. The highest BCUT2D eigenvalue weighted by atomic mass is 35.5.